The van der Waals surface area contributed by atoms with Crippen LogP contribution in [0.15, 0.2) is 67.3 Å². The van der Waals surface area contributed by atoms with Gasteiger partial charge in [-0.1, -0.05) is 12.1 Å². The SMILES string of the molecule is C[C@H](NC(=O)c1nc2ncccn2n1)c1cccc(-n2cccc2)c1. The summed E-state index contributed by atoms with van der Waals surface area (Å²) in [4.78, 5) is 20.6. The molecule has 0 spiro atoms. The van der Waals surface area contributed by atoms with Crippen LogP contribution in [0.1, 0.15) is 29.1 Å². The van der Waals surface area contributed by atoms with E-state index in [0.29, 0.717) is 5.78 Å². The first kappa shape index (κ1) is 15.1. The largest absolute Gasteiger partial charge is 0.343 e. The van der Waals surface area contributed by atoms with E-state index in [4.69, 9.17) is 0 Å². The van der Waals surface area contributed by atoms with E-state index in [1.54, 1.807) is 18.5 Å². The molecule has 0 unspecified atom stereocenters. The normalized spacial score (nSPS) is 12.2. The molecule has 7 heteroatoms. The Bertz CT molecular complexity index is 988. The second kappa shape index (κ2) is 6.20. The Morgan fingerprint density at radius 3 is 2.76 bits per heavy atom. The molecule has 0 saturated carbocycles. The summed E-state index contributed by atoms with van der Waals surface area (Å²) in [7, 11) is 0. The van der Waals surface area contributed by atoms with Gasteiger partial charge in [-0.05, 0) is 42.8 Å². The molecule has 124 valence electrons. The van der Waals surface area contributed by atoms with Gasteiger partial charge in [-0.15, -0.1) is 5.10 Å². The van der Waals surface area contributed by atoms with Gasteiger partial charge in [0.25, 0.3) is 11.7 Å². The molecule has 1 amide bonds. The van der Waals surface area contributed by atoms with E-state index in [-0.39, 0.29) is 17.8 Å². The lowest BCUT2D eigenvalue weighted by atomic mass is 10.1. The predicted molar refractivity (Wildman–Crippen MR) is 92.4 cm³/mol. The fourth-order valence-electron chi connectivity index (χ4n) is 2.63. The van der Waals surface area contributed by atoms with Crippen molar-refractivity contribution in [3.05, 3.63) is 78.6 Å². The minimum atomic E-state index is -0.329. The number of nitrogens with one attached hydrogen (secondary N) is 1. The molecule has 0 aliphatic heterocycles. The van der Waals surface area contributed by atoms with Crippen molar-refractivity contribution in [2.24, 2.45) is 0 Å². The summed E-state index contributed by atoms with van der Waals surface area (Å²) in [6.45, 7) is 1.93. The van der Waals surface area contributed by atoms with Gasteiger partial charge < -0.3 is 9.88 Å². The maximum absolute atomic E-state index is 12.4. The van der Waals surface area contributed by atoms with Crippen molar-refractivity contribution in [3.8, 4) is 5.69 Å². The summed E-state index contributed by atoms with van der Waals surface area (Å²) in [5, 5.41) is 7.08. The van der Waals surface area contributed by atoms with Gasteiger partial charge >= 0.3 is 0 Å². The Hall–Kier alpha value is -3.48. The van der Waals surface area contributed by atoms with Crippen LogP contribution in [0, 0.1) is 0 Å². The Morgan fingerprint density at radius 2 is 1.96 bits per heavy atom. The molecule has 0 radical (unpaired) electrons. The average Bonchev–Trinajstić information content (AvgIpc) is 3.31. The van der Waals surface area contributed by atoms with Crippen LogP contribution in [0.5, 0.6) is 0 Å². The Balaban J connectivity index is 1.54. The molecule has 0 saturated heterocycles. The number of nitrogens with zero attached hydrogens (tertiary/aromatic N) is 5. The third-order valence-corrected chi connectivity index (χ3v) is 3.94. The number of amides is 1. The van der Waals surface area contributed by atoms with Crippen LogP contribution in [0.2, 0.25) is 0 Å². The zero-order chi connectivity index (χ0) is 17.2. The maximum Gasteiger partial charge on any atom is 0.291 e. The van der Waals surface area contributed by atoms with Gasteiger partial charge in [0.15, 0.2) is 0 Å². The van der Waals surface area contributed by atoms with Gasteiger partial charge in [-0.25, -0.2) is 9.50 Å². The molecule has 0 fully saturated rings. The summed E-state index contributed by atoms with van der Waals surface area (Å²) >= 11 is 0. The zero-order valence-corrected chi connectivity index (χ0v) is 13.6. The maximum atomic E-state index is 12.4. The monoisotopic (exact) mass is 332 g/mol. The number of fused-ring (bicyclic) bond motifs is 1. The Labute approximate surface area is 144 Å². The van der Waals surface area contributed by atoms with E-state index >= 15 is 0 Å². The summed E-state index contributed by atoms with van der Waals surface area (Å²) in [5.41, 5.74) is 2.04. The van der Waals surface area contributed by atoms with Crippen LogP contribution < -0.4 is 5.32 Å². The van der Waals surface area contributed by atoms with E-state index in [1.807, 2.05) is 60.3 Å². The molecule has 3 heterocycles. The molecule has 0 aliphatic rings. The van der Waals surface area contributed by atoms with Crippen molar-refractivity contribution in [2.75, 3.05) is 0 Å². The predicted octanol–water partition coefficient (Wildman–Crippen LogP) is 2.41. The van der Waals surface area contributed by atoms with Gasteiger partial charge in [0.05, 0.1) is 6.04 Å². The fraction of sp³-hybridized carbons (Fsp3) is 0.111. The lowest BCUT2D eigenvalue weighted by Crippen LogP contribution is -2.27. The quantitative estimate of drug-likeness (QED) is 0.622. The first-order valence-electron chi connectivity index (χ1n) is 7.92. The van der Waals surface area contributed by atoms with Crippen LogP contribution in [0.3, 0.4) is 0 Å². The molecule has 4 rings (SSSR count). The number of benzene rings is 1. The topological polar surface area (TPSA) is 77.1 Å². The van der Waals surface area contributed by atoms with Gasteiger partial charge in [0, 0.05) is 30.5 Å². The summed E-state index contributed by atoms with van der Waals surface area (Å²) < 4.78 is 3.50. The summed E-state index contributed by atoms with van der Waals surface area (Å²) in [6.07, 6.45) is 7.28. The van der Waals surface area contributed by atoms with Crippen molar-refractivity contribution in [3.63, 3.8) is 0 Å². The van der Waals surface area contributed by atoms with Crippen LogP contribution in [0.4, 0.5) is 0 Å². The van der Waals surface area contributed by atoms with Gasteiger partial charge in [-0.3, -0.25) is 4.79 Å². The Kier molecular flexibility index (Phi) is 3.74. The molecule has 4 aromatic rings. The van der Waals surface area contributed by atoms with Gasteiger partial charge in [0.1, 0.15) is 0 Å². The van der Waals surface area contributed by atoms with Gasteiger partial charge in [-0.2, -0.15) is 4.98 Å². The van der Waals surface area contributed by atoms with Crippen molar-refractivity contribution in [2.45, 2.75) is 13.0 Å². The van der Waals surface area contributed by atoms with Crippen molar-refractivity contribution in [1.29, 1.82) is 0 Å². The highest BCUT2D eigenvalue weighted by atomic mass is 16.2. The molecular formula is C18H16N6O. The highest BCUT2D eigenvalue weighted by molar-refractivity contribution is 5.91. The highest BCUT2D eigenvalue weighted by Gasteiger charge is 2.16. The molecule has 3 aromatic heterocycles. The van der Waals surface area contributed by atoms with E-state index in [1.165, 1.54) is 4.52 Å². The number of carbonyl (C=O) groups excluding carboxylic acids is 1. The standard InChI is InChI=1S/C18H16N6O/c1-13(14-6-4-7-15(12-14)23-9-2-3-10-23)20-17(25)16-21-18-19-8-5-11-24(18)22-16/h2-13H,1H3,(H,20,25)/t13-/m0/s1. The first-order valence-corrected chi connectivity index (χ1v) is 7.92. The van der Waals surface area contributed by atoms with Crippen molar-refractivity contribution >= 4 is 11.7 Å². The minimum Gasteiger partial charge on any atom is -0.343 e. The lowest BCUT2D eigenvalue weighted by Gasteiger charge is -2.14. The molecule has 1 atom stereocenters. The number of carbonyl (C=O) groups is 1. The van der Waals surface area contributed by atoms with Crippen LogP contribution in [-0.4, -0.2) is 30.1 Å². The summed E-state index contributed by atoms with van der Waals surface area (Å²) in [5.74, 6) is 0.173. The van der Waals surface area contributed by atoms with Crippen LogP contribution in [0.25, 0.3) is 11.5 Å². The second-order valence-electron chi connectivity index (χ2n) is 5.68. The molecule has 1 aromatic carbocycles. The van der Waals surface area contributed by atoms with Crippen molar-refractivity contribution in [1.82, 2.24) is 29.5 Å². The fourth-order valence-corrected chi connectivity index (χ4v) is 2.63. The molecule has 7 nitrogen and oxygen atoms in total. The van der Waals surface area contributed by atoms with Crippen LogP contribution >= 0.6 is 0 Å². The zero-order valence-electron chi connectivity index (χ0n) is 13.6. The lowest BCUT2D eigenvalue weighted by molar-refractivity contribution is 0.0929. The third kappa shape index (κ3) is 2.99. The number of hydrogen-bond donors (Lipinski definition) is 1. The number of hydrogen-bond acceptors (Lipinski definition) is 4. The van der Waals surface area contributed by atoms with Crippen molar-refractivity contribution < 1.29 is 4.79 Å². The number of aromatic nitrogens is 5. The first-order chi connectivity index (χ1) is 12.2. The number of rotatable bonds is 4. The second-order valence-corrected chi connectivity index (χ2v) is 5.68. The van der Waals surface area contributed by atoms with E-state index in [9.17, 15) is 4.79 Å². The third-order valence-electron chi connectivity index (χ3n) is 3.94. The van der Waals surface area contributed by atoms with E-state index in [2.05, 4.69) is 20.4 Å². The highest BCUT2D eigenvalue weighted by Crippen LogP contribution is 2.17. The van der Waals surface area contributed by atoms with E-state index in [0.717, 1.165) is 11.3 Å². The molecular weight excluding hydrogens is 316 g/mol. The molecule has 1 N–H and O–H groups in total. The Morgan fingerprint density at radius 1 is 1.12 bits per heavy atom. The molecule has 0 bridgehead atoms. The van der Waals surface area contributed by atoms with E-state index < -0.39 is 0 Å². The molecule has 25 heavy (non-hydrogen) atoms. The minimum absolute atomic E-state index is 0.104. The smallest absolute Gasteiger partial charge is 0.291 e. The average molecular weight is 332 g/mol. The summed E-state index contributed by atoms with van der Waals surface area (Å²) in [6, 6.07) is 13.5. The van der Waals surface area contributed by atoms with Gasteiger partial charge in [0.2, 0.25) is 5.82 Å². The van der Waals surface area contributed by atoms with Crippen LogP contribution in [-0.2, 0) is 0 Å². The molecule has 0 aliphatic carbocycles.